The highest BCUT2D eigenvalue weighted by Crippen LogP contribution is 2.21. The number of rotatable bonds is 4. The first-order valence-corrected chi connectivity index (χ1v) is 9.52. The molecule has 23 heavy (non-hydrogen) atoms. The maximum atomic E-state index is 13.3. The molecule has 0 bridgehead atoms. The average molecular weight is 337 g/mol. The fourth-order valence-corrected chi connectivity index (χ4v) is 3.76. The minimum atomic E-state index is -3.08. The van der Waals surface area contributed by atoms with Gasteiger partial charge in [0.2, 0.25) is 10.0 Å². The third-order valence-electron chi connectivity index (χ3n) is 4.27. The van der Waals surface area contributed by atoms with Crippen LogP contribution in [0.1, 0.15) is 12.8 Å². The van der Waals surface area contributed by atoms with Crippen LogP contribution in [0.2, 0.25) is 0 Å². The van der Waals surface area contributed by atoms with E-state index in [4.69, 9.17) is 0 Å². The van der Waals surface area contributed by atoms with E-state index in [-0.39, 0.29) is 5.82 Å². The summed E-state index contributed by atoms with van der Waals surface area (Å²) in [6, 6.07) is 8.35. The number of aromatic nitrogens is 1. The number of nitrogens with zero attached hydrogens (tertiary/aromatic N) is 2. The molecule has 7 heteroatoms. The molecule has 1 N–H and O–H groups in total. The summed E-state index contributed by atoms with van der Waals surface area (Å²) in [5.74, 6) is 0.835. The zero-order valence-corrected chi connectivity index (χ0v) is 13.8. The molecule has 5 nitrogen and oxygen atoms in total. The number of fused-ring (bicyclic) bond motifs is 1. The fraction of sp³-hybridized carbons (Fsp3) is 0.438. The Morgan fingerprint density at radius 3 is 2.65 bits per heavy atom. The molecule has 0 atom stereocenters. The van der Waals surface area contributed by atoms with Gasteiger partial charge in [0.1, 0.15) is 11.6 Å². The van der Waals surface area contributed by atoms with Gasteiger partial charge in [0.15, 0.2) is 0 Å². The number of pyridine rings is 1. The van der Waals surface area contributed by atoms with E-state index in [1.54, 1.807) is 6.07 Å². The lowest BCUT2D eigenvalue weighted by Gasteiger charge is -2.30. The Hall–Kier alpha value is -1.73. The van der Waals surface area contributed by atoms with Crippen LogP contribution in [-0.2, 0) is 10.0 Å². The van der Waals surface area contributed by atoms with Gasteiger partial charge in [-0.3, -0.25) is 0 Å². The summed E-state index contributed by atoms with van der Waals surface area (Å²) in [6.45, 7) is 1.88. The Kier molecular flexibility index (Phi) is 4.50. The van der Waals surface area contributed by atoms with Gasteiger partial charge in [-0.1, -0.05) is 0 Å². The van der Waals surface area contributed by atoms with Crippen molar-refractivity contribution < 1.29 is 12.8 Å². The van der Waals surface area contributed by atoms with Crippen molar-refractivity contribution in [2.45, 2.75) is 12.8 Å². The minimum Gasteiger partial charge on any atom is -0.370 e. The summed E-state index contributed by atoms with van der Waals surface area (Å²) in [5.41, 5.74) is 0.627. The Labute approximate surface area is 135 Å². The van der Waals surface area contributed by atoms with Crippen LogP contribution in [-0.4, -0.2) is 43.6 Å². The van der Waals surface area contributed by atoms with Crippen molar-refractivity contribution >= 4 is 26.7 Å². The molecule has 2 heterocycles. The molecular formula is C16H20FN3O2S. The van der Waals surface area contributed by atoms with Gasteiger partial charge in [-0.2, -0.15) is 0 Å². The van der Waals surface area contributed by atoms with Gasteiger partial charge in [0.05, 0.1) is 11.8 Å². The summed E-state index contributed by atoms with van der Waals surface area (Å²) in [7, 11) is -3.08. The van der Waals surface area contributed by atoms with E-state index in [0.717, 1.165) is 24.8 Å². The molecular weight excluding hydrogens is 317 g/mol. The minimum absolute atomic E-state index is 0.296. The van der Waals surface area contributed by atoms with Crippen molar-refractivity contribution in [1.29, 1.82) is 0 Å². The summed E-state index contributed by atoms with van der Waals surface area (Å²) in [4.78, 5) is 4.42. The molecule has 124 valence electrons. The van der Waals surface area contributed by atoms with Crippen LogP contribution in [0.15, 0.2) is 30.3 Å². The molecule has 0 amide bonds. The Morgan fingerprint density at radius 1 is 1.26 bits per heavy atom. The zero-order valence-electron chi connectivity index (χ0n) is 13.0. The van der Waals surface area contributed by atoms with E-state index in [2.05, 4.69) is 10.3 Å². The molecule has 1 aliphatic heterocycles. The Morgan fingerprint density at radius 2 is 1.96 bits per heavy atom. The highest BCUT2D eigenvalue weighted by atomic mass is 32.2. The maximum Gasteiger partial charge on any atom is 0.211 e. The van der Waals surface area contributed by atoms with Crippen LogP contribution < -0.4 is 5.32 Å². The molecule has 2 aromatic rings. The van der Waals surface area contributed by atoms with E-state index in [9.17, 15) is 12.8 Å². The third-order valence-corrected chi connectivity index (χ3v) is 5.57. The van der Waals surface area contributed by atoms with Gasteiger partial charge < -0.3 is 5.32 Å². The number of nitrogens with one attached hydrogen (secondary N) is 1. The number of sulfonamides is 1. The first-order valence-electron chi connectivity index (χ1n) is 7.67. The Balaban J connectivity index is 1.59. The molecule has 3 rings (SSSR count). The first-order chi connectivity index (χ1) is 10.9. The number of anilines is 1. The highest BCUT2D eigenvalue weighted by Gasteiger charge is 2.24. The van der Waals surface area contributed by atoms with Gasteiger partial charge in [-0.25, -0.2) is 22.1 Å². The molecule has 0 unspecified atom stereocenters. The molecule has 0 radical (unpaired) electrons. The van der Waals surface area contributed by atoms with Gasteiger partial charge in [-0.15, -0.1) is 0 Å². The summed E-state index contributed by atoms with van der Waals surface area (Å²) in [5, 5.41) is 4.18. The lowest BCUT2D eigenvalue weighted by molar-refractivity contribution is 0.283. The molecule has 1 aromatic heterocycles. The predicted molar refractivity (Wildman–Crippen MR) is 89.3 cm³/mol. The standard InChI is InChI=1S/C16H20FN3O2S/c1-23(21,22)20-8-6-12(7-9-20)11-18-16-5-3-13-2-4-14(17)10-15(13)19-16/h2-5,10,12H,6-9,11H2,1H3,(H,18,19). The highest BCUT2D eigenvalue weighted by molar-refractivity contribution is 7.88. The Bertz CT molecular complexity index is 802. The predicted octanol–water partition coefficient (Wildman–Crippen LogP) is 2.46. The number of piperidine rings is 1. The van der Waals surface area contributed by atoms with Gasteiger partial charge in [0, 0.05) is 31.1 Å². The number of benzene rings is 1. The molecule has 1 aliphatic rings. The van der Waals surface area contributed by atoms with Gasteiger partial charge in [0.25, 0.3) is 0 Å². The normalized spacial score (nSPS) is 17.5. The molecule has 0 saturated carbocycles. The van der Waals surface area contributed by atoms with E-state index in [1.807, 2.05) is 12.1 Å². The summed E-state index contributed by atoms with van der Waals surface area (Å²) in [6.07, 6.45) is 2.92. The molecule has 0 spiro atoms. The van der Waals surface area contributed by atoms with Gasteiger partial charge >= 0.3 is 0 Å². The summed E-state index contributed by atoms with van der Waals surface area (Å²) < 4.78 is 37.8. The second-order valence-corrected chi connectivity index (χ2v) is 8.00. The lowest BCUT2D eigenvalue weighted by Crippen LogP contribution is -2.39. The van der Waals surface area contributed by atoms with Crippen molar-refractivity contribution in [2.24, 2.45) is 5.92 Å². The van der Waals surface area contributed by atoms with Crippen LogP contribution in [0.25, 0.3) is 10.9 Å². The van der Waals surface area contributed by atoms with Crippen LogP contribution in [0, 0.1) is 11.7 Å². The van der Waals surface area contributed by atoms with Crippen molar-refractivity contribution in [2.75, 3.05) is 31.2 Å². The molecule has 1 aromatic carbocycles. The van der Waals surface area contributed by atoms with E-state index in [0.29, 0.717) is 30.3 Å². The monoisotopic (exact) mass is 337 g/mol. The molecule has 0 aliphatic carbocycles. The van der Waals surface area contributed by atoms with Crippen LogP contribution in [0.4, 0.5) is 10.2 Å². The molecule has 1 saturated heterocycles. The fourth-order valence-electron chi connectivity index (χ4n) is 2.88. The zero-order chi connectivity index (χ0) is 16.4. The number of hydrogen-bond acceptors (Lipinski definition) is 4. The second-order valence-electron chi connectivity index (χ2n) is 6.02. The van der Waals surface area contributed by atoms with Crippen molar-refractivity contribution in [1.82, 2.24) is 9.29 Å². The van der Waals surface area contributed by atoms with E-state index < -0.39 is 10.0 Å². The largest absolute Gasteiger partial charge is 0.370 e. The van der Waals surface area contributed by atoms with E-state index in [1.165, 1.54) is 22.7 Å². The SMILES string of the molecule is CS(=O)(=O)N1CCC(CNc2ccc3ccc(F)cc3n2)CC1. The number of hydrogen-bond donors (Lipinski definition) is 1. The van der Waals surface area contributed by atoms with Gasteiger partial charge in [-0.05, 0) is 43.0 Å². The van der Waals surface area contributed by atoms with Crippen LogP contribution in [0.3, 0.4) is 0 Å². The van der Waals surface area contributed by atoms with Crippen LogP contribution >= 0.6 is 0 Å². The van der Waals surface area contributed by atoms with E-state index >= 15 is 0 Å². The topological polar surface area (TPSA) is 62.3 Å². The smallest absolute Gasteiger partial charge is 0.211 e. The van der Waals surface area contributed by atoms with Crippen LogP contribution in [0.5, 0.6) is 0 Å². The maximum absolute atomic E-state index is 13.3. The first kappa shape index (κ1) is 16.1. The van der Waals surface area contributed by atoms with Crippen molar-refractivity contribution in [3.8, 4) is 0 Å². The summed E-state index contributed by atoms with van der Waals surface area (Å²) >= 11 is 0. The average Bonchev–Trinajstić information content (AvgIpc) is 2.52. The molecule has 1 fully saturated rings. The lowest BCUT2D eigenvalue weighted by atomic mass is 9.98. The van der Waals surface area contributed by atoms with Crippen molar-refractivity contribution in [3.05, 3.63) is 36.1 Å². The third kappa shape index (κ3) is 3.97. The second kappa shape index (κ2) is 6.41. The number of halogens is 1. The van der Waals surface area contributed by atoms with Crippen molar-refractivity contribution in [3.63, 3.8) is 0 Å². The quantitative estimate of drug-likeness (QED) is 0.931.